The van der Waals surface area contributed by atoms with Crippen molar-refractivity contribution in [2.75, 3.05) is 20.1 Å². The summed E-state index contributed by atoms with van der Waals surface area (Å²) in [7, 11) is 2.24. The molecule has 3 aliphatic rings. The van der Waals surface area contributed by atoms with Crippen molar-refractivity contribution < 1.29 is 0 Å². The molecule has 2 aliphatic heterocycles. The van der Waals surface area contributed by atoms with E-state index in [2.05, 4.69) is 36.3 Å². The summed E-state index contributed by atoms with van der Waals surface area (Å²) >= 11 is 0. The Hall–Kier alpha value is -0.760. The van der Waals surface area contributed by atoms with Crippen molar-refractivity contribution in [3.8, 4) is 0 Å². The van der Waals surface area contributed by atoms with Gasteiger partial charge in [0.25, 0.3) is 0 Å². The van der Waals surface area contributed by atoms with Crippen molar-refractivity contribution in [1.82, 2.24) is 10.2 Å². The number of likely N-dealkylation sites (tertiary alicyclic amines) is 1. The largest absolute Gasteiger partial charge is 0.382 e. The monoisotopic (exact) mass is 204 g/mol. The van der Waals surface area contributed by atoms with Crippen LogP contribution < -0.4 is 5.32 Å². The zero-order valence-electron chi connectivity index (χ0n) is 9.66. The van der Waals surface area contributed by atoms with Gasteiger partial charge < -0.3 is 10.2 Å². The highest BCUT2D eigenvalue weighted by molar-refractivity contribution is 5.41. The molecule has 3 atom stereocenters. The van der Waals surface area contributed by atoms with Gasteiger partial charge in [0, 0.05) is 24.2 Å². The molecule has 2 fully saturated rings. The van der Waals surface area contributed by atoms with Crippen LogP contribution in [0, 0.1) is 11.8 Å². The van der Waals surface area contributed by atoms with E-state index in [1.807, 2.05) is 0 Å². The average molecular weight is 204 g/mol. The first-order valence-electron chi connectivity index (χ1n) is 6.11. The maximum Gasteiger partial charge on any atom is 0.0354 e. The summed E-state index contributed by atoms with van der Waals surface area (Å²) in [4.78, 5) is 2.46. The van der Waals surface area contributed by atoms with Crippen LogP contribution >= 0.6 is 0 Å². The number of rotatable bonds is 0. The smallest absolute Gasteiger partial charge is 0.0354 e. The molecule has 2 saturated heterocycles. The minimum absolute atomic E-state index is 0.712. The van der Waals surface area contributed by atoms with Crippen molar-refractivity contribution >= 4 is 0 Å². The zero-order chi connectivity index (χ0) is 10.4. The van der Waals surface area contributed by atoms with Crippen LogP contribution in [-0.2, 0) is 0 Å². The molecular formula is C13H20N2. The molecule has 0 radical (unpaired) electrons. The fourth-order valence-electron chi connectivity index (χ4n) is 3.15. The molecule has 1 N–H and O–H groups in total. The van der Waals surface area contributed by atoms with Gasteiger partial charge in [-0.15, -0.1) is 0 Å². The van der Waals surface area contributed by atoms with E-state index in [0.29, 0.717) is 6.04 Å². The maximum atomic E-state index is 3.70. The summed E-state index contributed by atoms with van der Waals surface area (Å²) in [5.41, 5.74) is 3.05. The summed E-state index contributed by atoms with van der Waals surface area (Å²) < 4.78 is 0. The molecule has 2 heterocycles. The standard InChI is InChI=1S/C13H20N2/c1-9-3-4-12-10(7-9)11-8-15(2)6-5-13(11)14-12/h4,7,9,11,13-14H,3,5-6,8H2,1-2H3/t9?,11-,13+/m0/s1. The van der Waals surface area contributed by atoms with Crippen LogP contribution in [-0.4, -0.2) is 31.1 Å². The first-order chi connectivity index (χ1) is 7.24. The quantitative estimate of drug-likeness (QED) is 0.647. The molecule has 0 aromatic heterocycles. The summed E-state index contributed by atoms with van der Waals surface area (Å²) in [6, 6.07) is 0.712. The number of allylic oxidation sites excluding steroid dienone is 3. The number of nitrogens with one attached hydrogen (secondary N) is 1. The van der Waals surface area contributed by atoms with Gasteiger partial charge >= 0.3 is 0 Å². The molecule has 15 heavy (non-hydrogen) atoms. The van der Waals surface area contributed by atoms with Gasteiger partial charge in [0.1, 0.15) is 0 Å². The Morgan fingerprint density at radius 1 is 1.47 bits per heavy atom. The predicted octanol–water partition coefficient (Wildman–Crippen LogP) is 1.76. The van der Waals surface area contributed by atoms with Gasteiger partial charge in [-0.3, -0.25) is 0 Å². The molecule has 2 nitrogen and oxygen atoms in total. The Morgan fingerprint density at radius 2 is 2.33 bits per heavy atom. The van der Waals surface area contributed by atoms with Crippen LogP contribution in [0.25, 0.3) is 0 Å². The number of fused-ring (bicyclic) bond motifs is 3. The molecule has 0 saturated carbocycles. The van der Waals surface area contributed by atoms with Crippen LogP contribution in [0.3, 0.4) is 0 Å². The number of piperidine rings is 1. The van der Waals surface area contributed by atoms with Gasteiger partial charge in [-0.25, -0.2) is 0 Å². The van der Waals surface area contributed by atoms with E-state index in [-0.39, 0.29) is 0 Å². The van der Waals surface area contributed by atoms with Crippen molar-refractivity contribution in [2.24, 2.45) is 11.8 Å². The average Bonchev–Trinajstić information content (AvgIpc) is 2.56. The van der Waals surface area contributed by atoms with E-state index in [1.165, 1.54) is 31.6 Å². The van der Waals surface area contributed by atoms with Crippen LogP contribution in [0.2, 0.25) is 0 Å². The van der Waals surface area contributed by atoms with Crippen molar-refractivity contribution in [3.63, 3.8) is 0 Å². The predicted molar refractivity (Wildman–Crippen MR) is 62.5 cm³/mol. The lowest BCUT2D eigenvalue weighted by Crippen LogP contribution is -2.42. The molecule has 1 aliphatic carbocycles. The highest BCUT2D eigenvalue weighted by Crippen LogP contribution is 2.38. The third kappa shape index (κ3) is 1.51. The lowest BCUT2D eigenvalue weighted by molar-refractivity contribution is 0.210. The van der Waals surface area contributed by atoms with Gasteiger partial charge in [0.05, 0.1) is 0 Å². The van der Waals surface area contributed by atoms with E-state index in [4.69, 9.17) is 0 Å². The SMILES string of the molecule is CC1C=C2C(=CC1)N[C@@H]1CCN(C)C[C@@H]21. The summed E-state index contributed by atoms with van der Waals surface area (Å²) in [5, 5.41) is 3.70. The zero-order valence-corrected chi connectivity index (χ0v) is 9.66. The third-order valence-electron chi connectivity index (χ3n) is 4.03. The number of nitrogens with zero attached hydrogens (tertiary/aromatic N) is 1. The Morgan fingerprint density at radius 3 is 3.20 bits per heavy atom. The highest BCUT2D eigenvalue weighted by Gasteiger charge is 2.38. The normalized spacial score (nSPS) is 40.0. The Labute approximate surface area is 92.0 Å². The third-order valence-corrected chi connectivity index (χ3v) is 4.03. The van der Waals surface area contributed by atoms with Crippen LogP contribution in [0.1, 0.15) is 19.8 Å². The Balaban J connectivity index is 1.90. The first-order valence-corrected chi connectivity index (χ1v) is 6.11. The first kappa shape index (κ1) is 9.46. The molecule has 2 heteroatoms. The molecule has 82 valence electrons. The van der Waals surface area contributed by atoms with E-state index in [9.17, 15) is 0 Å². The minimum atomic E-state index is 0.712. The molecule has 1 unspecified atom stereocenters. The fraction of sp³-hybridized carbons (Fsp3) is 0.692. The van der Waals surface area contributed by atoms with E-state index >= 15 is 0 Å². The highest BCUT2D eigenvalue weighted by atomic mass is 15.1. The van der Waals surface area contributed by atoms with E-state index in [0.717, 1.165) is 11.8 Å². The minimum Gasteiger partial charge on any atom is -0.382 e. The van der Waals surface area contributed by atoms with Gasteiger partial charge in [-0.05, 0) is 37.9 Å². The molecule has 0 bridgehead atoms. The molecule has 0 amide bonds. The summed E-state index contributed by atoms with van der Waals surface area (Å²) in [6.45, 7) is 4.79. The van der Waals surface area contributed by atoms with Crippen molar-refractivity contribution in [3.05, 3.63) is 23.4 Å². The van der Waals surface area contributed by atoms with Crippen LogP contribution in [0.5, 0.6) is 0 Å². The second kappa shape index (κ2) is 3.38. The van der Waals surface area contributed by atoms with Gasteiger partial charge in [0.2, 0.25) is 0 Å². The summed E-state index contributed by atoms with van der Waals surface area (Å²) in [5.74, 6) is 1.48. The van der Waals surface area contributed by atoms with Gasteiger partial charge in [-0.1, -0.05) is 19.1 Å². The molecule has 0 spiro atoms. The number of hydrogen-bond acceptors (Lipinski definition) is 2. The lowest BCUT2D eigenvalue weighted by atomic mass is 9.85. The molecule has 0 aromatic carbocycles. The van der Waals surface area contributed by atoms with Crippen molar-refractivity contribution in [1.29, 1.82) is 0 Å². The van der Waals surface area contributed by atoms with E-state index in [1.54, 1.807) is 5.57 Å². The number of hydrogen-bond donors (Lipinski definition) is 1. The van der Waals surface area contributed by atoms with Crippen LogP contribution in [0.4, 0.5) is 0 Å². The molecule has 3 rings (SSSR count). The van der Waals surface area contributed by atoms with E-state index < -0.39 is 0 Å². The maximum absolute atomic E-state index is 3.70. The Kier molecular flexibility index (Phi) is 2.13. The second-order valence-corrected chi connectivity index (χ2v) is 5.36. The molecule has 0 aromatic rings. The topological polar surface area (TPSA) is 15.3 Å². The fourth-order valence-corrected chi connectivity index (χ4v) is 3.15. The molecular weight excluding hydrogens is 184 g/mol. The lowest BCUT2D eigenvalue weighted by Gasteiger charge is -2.32. The second-order valence-electron chi connectivity index (χ2n) is 5.36. The van der Waals surface area contributed by atoms with Gasteiger partial charge in [0.15, 0.2) is 0 Å². The van der Waals surface area contributed by atoms with Crippen LogP contribution in [0.15, 0.2) is 23.4 Å². The Bertz CT molecular complexity index is 329. The summed E-state index contributed by atoms with van der Waals surface area (Å²) in [6.07, 6.45) is 7.40. The van der Waals surface area contributed by atoms with Crippen molar-refractivity contribution in [2.45, 2.75) is 25.8 Å². The van der Waals surface area contributed by atoms with Gasteiger partial charge in [-0.2, -0.15) is 0 Å².